The predicted octanol–water partition coefficient (Wildman–Crippen LogP) is 2.62. The van der Waals surface area contributed by atoms with Crippen LogP contribution in [0.15, 0.2) is 22.7 Å². The Morgan fingerprint density at radius 2 is 2.11 bits per heavy atom. The van der Waals surface area contributed by atoms with Gasteiger partial charge >= 0.3 is 0 Å². The third-order valence-electron chi connectivity index (χ3n) is 2.74. The average Bonchev–Trinajstić information content (AvgIpc) is 2.28. The fourth-order valence-corrected chi connectivity index (χ4v) is 2.47. The van der Waals surface area contributed by atoms with E-state index in [2.05, 4.69) is 53.3 Å². The number of hydrogen-bond acceptors (Lipinski definition) is 3. The van der Waals surface area contributed by atoms with Gasteiger partial charge in [-0.2, -0.15) is 0 Å². The van der Waals surface area contributed by atoms with E-state index in [4.69, 9.17) is 5.11 Å². The predicted molar refractivity (Wildman–Crippen MR) is 81.0 cm³/mol. The summed E-state index contributed by atoms with van der Waals surface area (Å²) in [6.07, 6.45) is 0. The molecular formula is C14H23BrN2O. The standard InChI is InChI=1S/C14H23BrN2O/c1-11(2)9-16-10-12-4-5-14(13(15)8-12)17(3)6-7-18/h4-5,8,11,16,18H,6-7,9-10H2,1-3H3. The fraction of sp³-hybridized carbons (Fsp3) is 0.571. The van der Waals surface area contributed by atoms with Crippen molar-refractivity contribution >= 4 is 21.6 Å². The molecule has 0 heterocycles. The van der Waals surface area contributed by atoms with Crippen molar-refractivity contribution < 1.29 is 5.11 Å². The molecule has 0 spiro atoms. The van der Waals surface area contributed by atoms with E-state index in [0.717, 1.165) is 23.2 Å². The van der Waals surface area contributed by atoms with Crippen molar-refractivity contribution in [2.45, 2.75) is 20.4 Å². The second-order valence-electron chi connectivity index (χ2n) is 4.96. The lowest BCUT2D eigenvalue weighted by Crippen LogP contribution is -2.22. The first-order valence-electron chi connectivity index (χ1n) is 6.35. The third-order valence-corrected chi connectivity index (χ3v) is 3.38. The molecule has 1 aromatic rings. The van der Waals surface area contributed by atoms with Crippen LogP contribution in [0.25, 0.3) is 0 Å². The van der Waals surface area contributed by atoms with Gasteiger partial charge in [-0.15, -0.1) is 0 Å². The van der Waals surface area contributed by atoms with Crippen molar-refractivity contribution in [1.82, 2.24) is 5.32 Å². The number of aliphatic hydroxyl groups is 1. The van der Waals surface area contributed by atoms with Crippen LogP contribution in [0.1, 0.15) is 19.4 Å². The van der Waals surface area contributed by atoms with Crippen molar-refractivity contribution in [3.05, 3.63) is 28.2 Å². The summed E-state index contributed by atoms with van der Waals surface area (Å²) >= 11 is 3.59. The summed E-state index contributed by atoms with van der Waals surface area (Å²) in [6.45, 7) is 7.14. The minimum atomic E-state index is 0.167. The van der Waals surface area contributed by atoms with Gasteiger partial charge in [-0.1, -0.05) is 19.9 Å². The smallest absolute Gasteiger partial charge is 0.0606 e. The number of rotatable bonds is 7. The molecule has 0 radical (unpaired) electrons. The molecule has 0 aliphatic carbocycles. The van der Waals surface area contributed by atoms with Crippen LogP contribution in [0.4, 0.5) is 5.69 Å². The maximum Gasteiger partial charge on any atom is 0.0606 e. The molecule has 3 nitrogen and oxygen atoms in total. The van der Waals surface area contributed by atoms with Gasteiger partial charge in [0.1, 0.15) is 0 Å². The van der Waals surface area contributed by atoms with E-state index in [1.165, 1.54) is 5.56 Å². The van der Waals surface area contributed by atoms with Crippen LogP contribution < -0.4 is 10.2 Å². The van der Waals surface area contributed by atoms with Crippen molar-refractivity contribution in [1.29, 1.82) is 0 Å². The van der Waals surface area contributed by atoms with Crippen LogP contribution in [0.3, 0.4) is 0 Å². The number of likely N-dealkylation sites (N-methyl/N-ethyl adjacent to an activating group) is 1. The third kappa shape index (κ3) is 4.96. The maximum atomic E-state index is 8.94. The molecule has 0 fully saturated rings. The van der Waals surface area contributed by atoms with Gasteiger partial charge in [0, 0.05) is 24.6 Å². The molecule has 0 saturated heterocycles. The molecule has 0 aliphatic heterocycles. The number of aliphatic hydroxyl groups excluding tert-OH is 1. The van der Waals surface area contributed by atoms with Gasteiger partial charge in [0.15, 0.2) is 0 Å². The molecule has 0 unspecified atom stereocenters. The first-order chi connectivity index (χ1) is 8.54. The lowest BCUT2D eigenvalue weighted by molar-refractivity contribution is 0.304. The Hall–Kier alpha value is -0.580. The molecule has 4 heteroatoms. The molecule has 0 saturated carbocycles. The van der Waals surface area contributed by atoms with Gasteiger partial charge in [0.2, 0.25) is 0 Å². The average molecular weight is 315 g/mol. The zero-order valence-electron chi connectivity index (χ0n) is 11.4. The Morgan fingerprint density at radius 3 is 2.67 bits per heavy atom. The molecular weight excluding hydrogens is 292 g/mol. The van der Waals surface area contributed by atoms with Gasteiger partial charge in [-0.3, -0.25) is 0 Å². The number of benzene rings is 1. The highest BCUT2D eigenvalue weighted by molar-refractivity contribution is 9.10. The first kappa shape index (κ1) is 15.5. The Labute approximate surface area is 118 Å². The Kier molecular flexibility index (Phi) is 6.68. The first-order valence-corrected chi connectivity index (χ1v) is 7.15. The highest BCUT2D eigenvalue weighted by Crippen LogP contribution is 2.26. The van der Waals surface area contributed by atoms with E-state index >= 15 is 0 Å². The second-order valence-corrected chi connectivity index (χ2v) is 5.81. The summed E-state index contributed by atoms with van der Waals surface area (Å²) in [5.41, 5.74) is 2.38. The SMILES string of the molecule is CC(C)CNCc1ccc(N(C)CCO)c(Br)c1. The molecule has 0 aliphatic rings. The zero-order valence-corrected chi connectivity index (χ0v) is 13.0. The zero-order chi connectivity index (χ0) is 13.5. The topological polar surface area (TPSA) is 35.5 Å². The van der Waals surface area contributed by atoms with E-state index < -0.39 is 0 Å². The largest absolute Gasteiger partial charge is 0.395 e. The number of halogens is 1. The van der Waals surface area contributed by atoms with Crippen LogP contribution in [0.2, 0.25) is 0 Å². The van der Waals surface area contributed by atoms with Crippen LogP contribution in [0.5, 0.6) is 0 Å². The molecule has 0 amide bonds. The number of anilines is 1. The Morgan fingerprint density at radius 1 is 1.39 bits per heavy atom. The van der Waals surface area contributed by atoms with Crippen molar-refractivity contribution in [3.8, 4) is 0 Å². The van der Waals surface area contributed by atoms with Gasteiger partial charge < -0.3 is 15.3 Å². The molecule has 0 aromatic heterocycles. The summed E-state index contributed by atoms with van der Waals surface area (Å²) < 4.78 is 1.07. The maximum absolute atomic E-state index is 8.94. The summed E-state index contributed by atoms with van der Waals surface area (Å²) in [5, 5.41) is 12.4. The quantitative estimate of drug-likeness (QED) is 0.812. The van der Waals surface area contributed by atoms with E-state index in [0.29, 0.717) is 12.5 Å². The Bertz CT molecular complexity index is 369. The molecule has 0 bridgehead atoms. The Balaban J connectivity index is 2.61. The highest BCUT2D eigenvalue weighted by atomic mass is 79.9. The molecule has 0 atom stereocenters. The second kappa shape index (κ2) is 7.77. The summed E-state index contributed by atoms with van der Waals surface area (Å²) in [6, 6.07) is 6.35. The van der Waals surface area contributed by atoms with Crippen LogP contribution >= 0.6 is 15.9 Å². The molecule has 1 rings (SSSR count). The van der Waals surface area contributed by atoms with Crippen molar-refractivity contribution in [2.24, 2.45) is 5.92 Å². The lowest BCUT2D eigenvalue weighted by Gasteiger charge is -2.20. The van der Waals surface area contributed by atoms with Gasteiger partial charge in [-0.05, 0) is 46.1 Å². The van der Waals surface area contributed by atoms with Crippen molar-refractivity contribution in [2.75, 3.05) is 31.6 Å². The summed E-state index contributed by atoms with van der Waals surface area (Å²) in [7, 11) is 1.98. The van der Waals surface area contributed by atoms with Crippen LogP contribution in [-0.4, -0.2) is 31.9 Å². The number of nitrogens with zero attached hydrogens (tertiary/aromatic N) is 1. The molecule has 1 aromatic carbocycles. The normalized spacial score (nSPS) is 11.0. The number of nitrogens with one attached hydrogen (secondary N) is 1. The van der Waals surface area contributed by atoms with Crippen molar-refractivity contribution in [3.63, 3.8) is 0 Å². The van der Waals surface area contributed by atoms with Gasteiger partial charge in [-0.25, -0.2) is 0 Å². The van der Waals surface area contributed by atoms with Gasteiger partial charge in [0.25, 0.3) is 0 Å². The molecule has 2 N–H and O–H groups in total. The van der Waals surface area contributed by atoms with E-state index in [1.54, 1.807) is 0 Å². The number of hydrogen-bond donors (Lipinski definition) is 2. The summed E-state index contributed by atoms with van der Waals surface area (Å²) in [4.78, 5) is 2.04. The van der Waals surface area contributed by atoms with E-state index in [-0.39, 0.29) is 6.61 Å². The van der Waals surface area contributed by atoms with E-state index in [9.17, 15) is 0 Å². The molecule has 18 heavy (non-hydrogen) atoms. The van der Waals surface area contributed by atoms with E-state index in [1.807, 2.05) is 11.9 Å². The van der Waals surface area contributed by atoms with Crippen LogP contribution in [0, 0.1) is 5.92 Å². The van der Waals surface area contributed by atoms with Crippen LogP contribution in [-0.2, 0) is 6.54 Å². The fourth-order valence-electron chi connectivity index (χ4n) is 1.75. The minimum Gasteiger partial charge on any atom is -0.395 e. The summed E-state index contributed by atoms with van der Waals surface area (Å²) in [5.74, 6) is 0.670. The lowest BCUT2D eigenvalue weighted by atomic mass is 10.1. The highest BCUT2D eigenvalue weighted by Gasteiger charge is 2.06. The monoisotopic (exact) mass is 314 g/mol. The minimum absolute atomic E-state index is 0.167. The molecule has 102 valence electrons. The van der Waals surface area contributed by atoms with Gasteiger partial charge in [0.05, 0.1) is 12.3 Å².